The van der Waals surface area contributed by atoms with Crippen molar-refractivity contribution in [2.24, 2.45) is 28.8 Å². The highest BCUT2D eigenvalue weighted by Crippen LogP contribution is 2.52. The lowest BCUT2D eigenvalue weighted by molar-refractivity contribution is -0.386. The van der Waals surface area contributed by atoms with Crippen LogP contribution in [0.15, 0.2) is 29.4 Å². The Morgan fingerprint density at radius 3 is 2.45 bits per heavy atom. The molecule has 1 saturated heterocycles. The first kappa shape index (κ1) is 22.4. The Labute approximate surface area is 189 Å². The number of hydrogen-bond acceptors (Lipinski definition) is 9. The summed E-state index contributed by atoms with van der Waals surface area (Å²) in [5.74, 6) is -2.33. The van der Waals surface area contributed by atoms with E-state index >= 15 is 0 Å². The first-order chi connectivity index (χ1) is 15.8. The zero-order valence-corrected chi connectivity index (χ0v) is 18.3. The van der Waals surface area contributed by atoms with Gasteiger partial charge >= 0.3 is 11.7 Å². The van der Waals surface area contributed by atoms with Gasteiger partial charge < -0.3 is 14.2 Å². The number of methoxy groups -OCH3 is 1. The fraction of sp³-hybridized carbons (Fsp3) is 0.455. The maximum absolute atomic E-state index is 12.8. The monoisotopic (exact) mass is 457 g/mol. The molecule has 33 heavy (non-hydrogen) atoms. The molecule has 174 valence electrons. The number of imide groups is 1. The first-order valence-electron chi connectivity index (χ1n) is 10.6. The zero-order chi connectivity index (χ0) is 23.9. The number of ether oxygens (including phenoxy) is 3. The van der Waals surface area contributed by atoms with Crippen LogP contribution >= 0.6 is 0 Å². The number of amides is 2. The van der Waals surface area contributed by atoms with Crippen LogP contribution in [-0.2, 0) is 19.1 Å². The van der Waals surface area contributed by atoms with Crippen LogP contribution in [0.5, 0.6) is 11.5 Å². The fourth-order valence-corrected chi connectivity index (χ4v) is 4.72. The lowest BCUT2D eigenvalue weighted by Crippen LogP contribution is -2.28. The van der Waals surface area contributed by atoms with Gasteiger partial charge in [-0.2, -0.15) is 10.1 Å². The summed E-state index contributed by atoms with van der Waals surface area (Å²) in [5, 5.41) is 16.6. The highest BCUT2D eigenvalue weighted by Gasteiger charge is 2.59. The van der Waals surface area contributed by atoms with E-state index in [1.54, 1.807) is 6.92 Å². The number of benzene rings is 1. The van der Waals surface area contributed by atoms with Gasteiger partial charge in [-0.05, 0) is 38.2 Å². The van der Waals surface area contributed by atoms with Gasteiger partial charge in [0.1, 0.15) is 0 Å². The second-order valence-corrected chi connectivity index (χ2v) is 8.07. The molecule has 2 fully saturated rings. The summed E-state index contributed by atoms with van der Waals surface area (Å²) in [7, 11) is 1.18. The molecule has 3 aliphatic rings. The third-order valence-electron chi connectivity index (χ3n) is 6.15. The van der Waals surface area contributed by atoms with Gasteiger partial charge in [-0.15, -0.1) is 0 Å². The minimum absolute atomic E-state index is 0.0158. The van der Waals surface area contributed by atoms with Gasteiger partial charge in [0, 0.05) is 11.6 Å². The summed E-state index contributed by atoms with van der Waals surface area (Å²) >= 11 is 0. The number of nitro benzene ring substituents is 1. The van der Waals surface area contributed by atoms with Gasteiger partial charge in [-0.3, -0.25) is 19.7 Å². The molecule has 1 heterocycles. The molecule has 1 aromatic rings. The van der Waals surface area contributed by atoms with Crippen LogP contribution in [0, 0.1) is 33.8 Å². The second-order valence-electron chi connectivity index (χ2n) is 8.07. The van der Waals surface area contributed by atoms with Crippen LogP contribution in [0.3, 0.4) is 0 Å². The molecule has 4 rings (SSSR count). The van der Waals surface area contributed by atoms with Crippen molar-refractivity contribution in [3.8, 4) is 11.5 Å². The average Bonchev–Trinajstić information content (AvgIpc) is 3.47. The molecule has 0 spiro atoms. The standard InChI is InChI=1S/C22H23N3O8/c1-4-32-16-8-12(7-15(25(29)30)19(16)33-11(2)22(28)31-3)10-23-24-20(26)17-13-5-6-14(9-13)18(17)21(24)27/h5-8,10-11,13-14,17-18H,4,9H2,1-3H3. The summed E-state index contributed by atoms with van der Waals surface area (Å²) in [6, 6.07) is 2.60. The van der Waals surface area contributed by atoms with Crippen LogP contribution in [0.4, 0.5) is 5.69 Å². The summed E-state index contributed by atoms with van der Waals surface area (Å²) in [4.78, 5) is 48.3. The number of allylic oxidation sites excluding steroid dienone is 2. The van der Waals surface area contributed by atoms with Crippen molar-refractivity contribution in [3.05, 3.63) is 40.0 Å². The molecule has 5 atom stereocenters. The Morgan fingerprint density at radius 1 is 1.27 bits per heavy atom. The molecule has 1 saturated carbocycles. The van der Waals surface area contributed by atoms with Crippen LogP contribution in [0.25, 0.3) is 0 Å². The van der Waals surface area contributed by atoms with E-state index in [1.807, 2.05) is 12.2 Å². The Kier molecular flexibility index (Phi) is 5.88. The van der Waals surface area contributed by atoms with Crippen LogP contribution in [-0.4, -0.2) is 53.8 Å². The van der Waals surface area contributed by atoms with Gasteiger partial charge in [0.25, 0.3) is 11.8 Å². The third-order valence-corrected chi connectivity index (χ3v) is 6.15. The van der Waals surface area contributed by atoms with E-state index in [-0.39, 0.29) is 47.3 Å². The Bertz CT molecular complexity index is 1050. The van der Waals surface area contributed by atoms with Gasteiger partial charge in [0.2, 0.25) is 5.75 Å². The first-order valence-corrected chi connectivity index (χ1v) is 10.6. The number of esters is 1. The predicted molar refractivity (Wildman–Crippen MR) is 114 cm³/mol. The normalized spacial score (nSPS) is 26.1. The topological polar surface area (TPSA) is 138 Å². The van der Waals surface area contributed by atoms with Gasteiger partial charge in [-0.1, -0.05) is 12.2 Å². The van der Waals surface area contributed by atoms with Crippen molar-refractivity contribution in [2.75, 3.05) is 13.7 Å². The highest BCUT2D eigenvalue weighted by atomic mass is 16.6. The lowest BCUT2D eigenvalue weighted by Gasteiger charge is -2.16. The SMILES string of the molecule is CCOc1cc(C=NN2C(=O)C3C4C=CC(C4)C3C2=O)cc([N+](=O)[O-])c1OC(C)C(=O)OC. The molecule has 2 amide bonds. The quantitative estimate of drug-likeness (QED) is 0.144. The van der Waals surface area contributed by atoms with Crippen molar-refractivity contribution in [2.45, 2.75) is 26.4 Å². The Morgan fingerprint density at radius 2 is 1.91 bits per heavy atom. The summed E-state index contributed by atoms with van der Waals surface area (Å²) in [6.45, 7) is 3.25. The molecule has 1 aliphatic heterocycles. The number of carbonyl (C=O) groups excluding carboxylic acids is 3. The number of nitro groups is 1. The summed E-state index contributed by atoms with van der Waals surface area (Å²) < 4.78 is 15.6. The minimum atomic E-state index is -1.12. The minimum Gasteiger partial charge on any atom is -0.490 e. The zero-order valence-electron chi connectivity index (χ0n) is 18.3. The van der Waals surface area contributed by atoms with Crippen molar-refractivity contribution in [3.63, 3.8) is 0 Å². The van der Waals surface area contributed by atoms with Gasteiger partial charge in [0.15, 0.2) is 11.9 Å². The highest BCUT2D eigenvalue weighted by molar-refractivity contribution is 6.06. The van der Waals surface area contributed by atoms with E-state index in [9.17, 15) is 24.5 Å². The van der Waals surface area contributed by atoms with Crippen LogP contribution in [0.1, 0.15) is 25.8 Å². The van der Waals surface area contributed by atoms with Gasteiger partial charge in [-0.25, -0.2) is 4.79 Å². The average molecular weight is 457 g/mol. The molecule has 2 aliphatic carbocycles. The van der Waals surface area contributed by atoms with E-state index in [1.165, 1.54) is 32.4 Å². The molecule has 0 N–H and O–H groups in total. The van der Waals surface area contributed by atoms with Crippen molar-refractivity contribution >= 4 is 29.7 Å². The number of fused-ring (bicyclic) bond motifs is 5. The Balaban J connectivity index is 1.64. The molecule has 1 aromatic carbocycles. The molecule has 0 aromatic heterocycles. The fourth-order valence-electron chi connectivity index (χ4n) is 4.72. The second kappa shape index (κ2) is 8.64. The number of hydrazone groups is 1. The molecule has 11 nitrogen and oxygen atoms in total. The van der Waals surface area contributed by atoms with Gasteiger partial charge in [0.05, 0.1) is 36.7 Å². The molecule has 11 heteroatoms. The number of rotatable bonds is 8. The van der Waals surface area contributed by atoms with Crippen LogP contribution < -0.4 is 9.47 Å². The van der Waals surface area contributed by atoms with E-state index in [2.05, 4.69) is 9.84 Å². The number of carbonyl (C=O) groups is 3. The van der Waals surface area contributed by atoms with Crippen molar-refractivity contribution in [1.82, 2.24) is 5.01 Å². The third kappa shape index (κ3) is 3.83. The smallest absolute Gasteiger partial charge is 0.346 e. The molecule has 0 radical (unpaired) electrons. The predicted octanol–water partition coefficient (Wildman–Crippen LogP) is 2.07. The maximum Gasteiger partial charge on any atom is 0.346 e. The molecule has 5 unspecified atom stereocenters. The number of hydrogen-bond donors (Lipinski definition) is 0. The van der Waals surface area contributed by atoms with E-state index in [0.717, 1.165) is 11.4 Å². The molecular formula is C22H23N3O8. The van der Waals surface area contributed by atoms with Crippen molar-refractivity contribution < 1.29 is 33.5 Å². The summed E-state index contributed by atoms with van der Waals surface area (Å²) in [6.07, 6.45) is 4.86. The van der Waals surface area contributed by atoms with E-state index in [4.69, 9.17) is 9.47 Å². The van der Waals surface area contributed by atoms with E-state index in [0.29, 0.717) is 0 Å². The Hall–Kier alpha value is -3.76. The summed E-state index contributed by atoms with van der Waals surface area (Å²) in [5.41, 5.74) is -0.238. The number of nitrogens with zero attached hydrogens (tertiary/aromatic N) is 3. The molecular weight excluding hydrogens is 434 g/mol. The molecule has 2 bridgehead atoms. The maximum atomic E-state index is 12.8. The van der Waals surface area contributed by atoms with E-state index < -0.39 is 34.5 Å². The van der Waals surface area contributed by atoms with Crippen LogP contribution in [0.2, 0.25) is 0 Å². The van der Waals surface area contributed by atoms with Crippen molar-refractivity contribution in [1.29, 1.82) is 0 Å². The lowest BCUT2D eigenvalue weighted by atomic mass is 9.85. The largest absolute Gasteiger partial charge is 0.490 e.